The van der Waals surface area contributed by atoms with Crippen molar-refractivity contribution in [3.05, 3.63) is 47.5 Å². The molecule has 2 amide bonds. The lowest BCUT2D eigenvalue weighted by Crippen LogP contribution is -2.39. The highest BCUT2D eigenvalue weighted by Gasteiger charge is 2.28. The lowest BCUT2D eigenvalue weighted by molar-refractivity contribution is -0.122. The predicted molar refractivity (Wildman–Crippen MR) is 101 cm³/mol. The summed E-state index contributed by atoms with van der Waals surface area (Å²) >= 11 is 0. The van der Waals surface area contributed by atoms with Crippen LogP contribution in [0.3, 0.4) is 0 Å². The number of rotatable bonds is 6. The minimum Gasteiger partial charge on any atom is -0.504 e. The van der Waals surface area contributed by atoms with Gasteiger partial charge in [0.05, 0.1) is 11.1 Å². The number of benzene rings is 2. The van der Waals surface area contributed by atoms with Gasteiger partial charge in [0.1, 0.15) is 6.61 Å². The fourth-order valence-corrected chi connectivity index (χ4v) is 2.65. The molecule has 1 unspecified atom stereocenters. The third kappa shape index (κ3) is 4.32. The zero-order valence-electron chi connectivity index (χ0n) is 15.1. The van der Waals surface area contributed by atoms with E-state index in [1.165, 1.54) is 36.4 Å². The zero-order valence-corrected chi connectivity index (χ0v) is 15.1. The van der Waals surface area contributed by atoms with E-state index in [1.807, 2.05) is 0 Å². The van der Waals surface area contributed by atoms with Crippen LogP contribution < -0.4 is 10.6 Å². The molecule has 2 aromatic rings. The molecule has 0 aliphatic carbocycles. The zero-order chi connectivity index (χ0) is 21.0. The van der Waals surface area contributed by atoms with Crippen molar-refractivity contribution in [2.45, 2.75) is 6.04 Å². The normalized spacial score (nSPS) is 15.3. The van der Waals surface area contributed by atoms with Crippen molar-refractivity contribution < 1.29 is 34.8 Å². The number of carbonyl (C=O) groups excluding carboxylic acids is 2. The van der Waals surface area contributed by atoms with E-state index in [1.54, 1.807) is 0 Å². The second-order valence-corrected chi connectivity index (χ2v) is 6.15. The maximum absolute atomic E-state index is 12.2. The van der Waals surface area contributed by atoms with E-state index in [9.17, 15) is 30.0 Å². The first-order valence-corrected chi connectivity index (χ1v) is 8.67. The molecule has 0 saturated carbocycles. The molecule has 1 aliphatic rings. The predicted octanol–water partition coefficient (Wildman–Crippen LogP) is 0.201. The fraction of sp³-hybridized carbons (Fsp3) is 0.211. The number of aliphatic imine (C=N–C) groups is 1. The summed E-state index contributed by atoms with van der Waals surface area (Å²) in [5.41, 5.74) is 0.0965. The Kier molecular flexibility index (Phi) is 5.72. The maximum Gasteiger partial charge on any atom is 0.255 e. The number of nitrogens with one attached hydrogen (secondary N) is 2. The number of aromatic hydroxyl groups is 4. The van der Waals surface area contributed by atoms with Gasteiger partial charge in [-0.05, 0) is 24.3 Å². The number of carbonyl (C=O) groups is 2. The third-order valence-electron chi connectivity index (χ3n) is 4.17. The summed E-state index contributed by atoms with van der Waals surface area (Å²) in [6.45, 7) is 0.153. The van der Waals surface area contributed by atoms with Gasteiger partial charge in [-0.15, -0.1) is 0 Å². The van der Waals surface area contributed by atoms with Gasteiger partial charge in [-0.1, -0.05) is 12.1 Å². The number of nitrogens with zero attached hydrogens (tertiary/aromatic N) is 1. The van der Waals surface area contributed by atoms with Gasteiger partial charge < -0.3 is 35.8 Å². The fourth-order valence-electron chi connectivity index (χ4n) is 2.65. The number of phenols is 4. The van der Waals surface area contributed by atoms with Gasteiger partial charge >= 0.3 is 0 Å². The summed E-state index contributed by atoms with van der Waals surface area (Å²) in [5, 5.41) is 43.6. The molecule has 0 aromatic heterocycles. The van der Waals surface area contributed by atoms with E-state index < -0.39 is 29.4 Å². The van der Waals surface area contributed by atoms with Crippen LogP contribution in [0.15, 0.2) is 41.4 Å². The minimum atomic E-state index is -0.836. The van der Waals surface area contributed by atoms with Crippen molar-refractivity contribution in [2.75, 3.05) is 19.7 Å². The molecule has 3 rings (SSSR count). The van der Waals surface area contributed by atoms with Crippen molar-refractivity contribution in [3.8, 4) is 23.0 Å². The molecule has 1 aliphatic heterocycles. The second kappa shape index (κ2) is 8.38. The van der Waals surface area contributed by atoms with Crippen LogP contribution in [0.2, 0.25) is 0 Å². The number of phenolic OH excluding ortho intramolecular Hbond substituents is 4. The number of hydrogen-bond acceptors (Lipinski definition) is 8. The molecule has 6 N–H and O–H groups in total. The van der Waals surface area contributed by atoms with E-state index in [2.05, 4.69) is 15.6 Å². The van der Waals surface area contributed by atoms with Crippen molar-refractivity contribution in [2.24, 2.45) is 4.99 Å². The van der Waals surface area contributed by atoms with Gasteiger partial charge in [-0.3, -0.25) is 9.59 Å². The summed E-state index contributed by atoms with van der Waals surface area (Å²) < 4.78 is 5.33. The molecule has 1 heterocycles. The summed E-state index contributed by atoms with van der Waals surface area (Å²) in [7, 11) is 0. The molecule has 152 valence electrons. The van der Waals surface area contributed by atoms with Gasteiger partial charge in [-0.2, -0.15) is 0 Å². The molecule has 0 bridgehead atoms. The first kappa shape index (κ1) is 19.8. The molecule has 10 heteroatoms. The van der Waals surface area contributed by atoms with Crippen LogP contribution in [0.25, 0.3) is 0 Å². The molecule has 1 atom stereocenters. The lowest BCUT2D eigenvalue weighted by atomic mass is 10.1. The lowest BCUT2D eigenvalue weighted by Gasteiger charge is -2.10. The summed E-state index contributed by atoms with van der Waals surface area (Å²) in [6.07, 6.45) is 0. The summed E-state index contributed by atoms with van der Waals surface area (Å²) in [6, 6.07) is 7.51. The molecule has 0 radical (unpaired) electrons. The Bertz CT molecular complexity index is 974. The van der Waals surface area contributed by atoms with E-state index in [4.69, 9.17) is 4.74 Å². The standard InChI is InChI=1S/C19H19N3O7/c23-13-5-1-3-10(15(13)25)17(27)20-7-8-21-18(28)12-9-29-19(22-12)11-4-2-6-14(24)16(11)26/h1-6,12,23-26H,7-9H2,(H,20,27)(H,21,28). The molecule has 10 nitrogen and oxygen atoms in total. The first-order chi connectivity index (χ1) is 13.9. The average molecular weight is 401 g/mol. The monoisotopic (exact) mass is 401 g/mol. The third-order valence-corrected chi connectivity index (χ3v) is 4.17. The number of amides is 2. The highest BCUT2D eigenvalue weighted by Crippen LogP contribution is 2.30. The molecule has 0 fully saturated rings. The molecular formula is C19H19N3O7. The Hall–Kier alpha value is -3.95. The molecule has 2 aromatic carbocycles. The van der Waals surface area contributed by atoms with Crippen LogP contribution in [0, 0.1) is 0 Å². The highest BCUT2D eigenvalue weighted by molar-refractivity contribution is 6.01. The van der Waals surface area contributed by atoms with Crippen LogP contribution in [-0.2, 0) is 9.53 Å². The van der Waals surface area contributed by atoms with Crippen LogP contribution in [0.4, 0.5) is 0 Å². The van der Waals surface area contributed by atoms with Crippen LogP contribution in [-0.4, -0.2) is 63.9 Å². The highest BCUT2D eigenvalue weighted by atomic mass is 16.5. The molecule has 29 heavy (non-hydrogen) atoms. The molecular weight excluding hydrogens is 382 g/mol. The Labute approximate surface area is 165 Å². The Morgan fingerprint density at radius 2 is 1.62 bits per heavy atom. The van der Waals surface area contributed by atoms with Crippen molar-refractivity contribution in [3.63, 3.8) is 0 Å². The van der Waals surface area contributed by atoms with Crippen LogP contribution in [0.5, 0.6) is 23.0 Å². The topological polar surface area (TPSA) is 161 Å². The Morgan fingerprint density at radius 3 is 2.38 bits per heavy atom. The van der Waals surface area contributed by atoms with Crippen molar-refractivity contribution in [1.29, 1.82) is 0 Å². The smallest absolute Gasteiger partial charge is 0.255 e. The van der Waals surface area contributed by atoms with Crippen molar-refractivity contribution in [1.82, 2.24) is 10.6 Å². The summed E-state index contributed by atoms with van der Waals surface area (Å²) in [4.78, 5) is 28.3. The Balaban J connectivity index is 1.50. The summed E-state index contributed by atoms with van der Waals surface area (Å²) in [5.74, 6) is -2.62. The number of ether oxygens (including phenoxy) is 1. The first-order valence-electron chi connectivity index (χ1n) is 8.67. The van der Waals surface area contributed by atoms with Crippen LogP contribution in [0.1, 0.15) is 15.9 Å². The van der Waals surface area contributed by atoms with Gasteiger partial charge in [0.2, 0.25) is 11.8 Å². The van der Waals surface area contributed by atoms with Crippen LogP contribution >= 0.6 is 0 Å². The van der Waals surface area contributed by atoms with Gasteiger partial charge in [-0.25, -0.2) is 4.99 Å². The maximum atomic E-state index is 12.2. The van der Waals surface area contributed by atoms with Crippen molar-refractivity contribution >= 4 is 17.7 Å². The minimum absolute atomic E-state index is 0.0280. The van der Waals surface area contributed by atoms with E-state index in [0.717, 1.165) is 0 Å². The second-order valence-electron chi connectivity index (χ2n) is 6.15. The molecule has 0 saturated heterocycles. The molecule has 0 spiro atoms. The largest absolute Gasteiger partial charge is 0.504 e. The Morgan fingerprint density at radius 1 is 0.966 bits per heavy atom. The number of hydrogen-bond donors (Lipinski definition) is 6. The SMILES string of the molecule is O=C(NCCNC(=O)C1COC(c2cccc(O)c2O)=N1)c1cccc(O)c1O. The number of para-hydroxylation sites is 2. The van der Waals surface area contributed by atoms with Gasteiger partial charge in [0.25, 0.3) is 5.91 Å². The van der Waals surface area contributed by atoms with E-state index in [-0.39, 0.29) is 48.2 Å². The quantitative estimate of drug-likeness (QED) is 0.298. The van der Waals surface area contributed by atoms with Gasteiger partial charge in [0.15, 0.2) is 29.0 Å². The van der Waals surface area contributed by atoms with Gasteiger partial charge in [0, 0.05) is 13.1 Å². The average Bonchev–Trinajstić information content (AvgIpc) is 3.19. The van der Waals surface area contributed by atoms with E-state index in [0.29, 0.717) is 0 Å². The van der Waals surface area contributed by atoms with E-state index >= 15 is 0 Å².